The first-order chi connectivity index (χ1) is 8.26. The molecular formula is C9H12F6N2O2. The van der Waals surface area contributed by atoms with Gasteiger partial charge in [0.2, 0.25) is 0 Å². The lowest BCUT2D eigenvalue weighted by Gasteiger charge is -2.25. The van der Waals surface area contributed by atoms with E-state index >= 15 is 0 Å². The zero-order valence-electron chi connectivity index (χ0n) is 10.00. The van der Waals surface area contributed by atoms with Crippen LogP contribution < -0.4 is 10.6 Å². The van der Waals surface area contributed by atoms with Crippen LogP contribution >= 0.6 is 0 Å². The average Bonchev–Trinajstić information content (AvgIpc) is 2.20. The first-order valence-corrected chi connectivity index (χ1v) is 4.96. The summed E-state index contributed by atoms with van der Waals surface area (Å²) < 4.78 is 71.2. The number of nitrogens with one attached hydrogen (secondary N) is 2. The third kappa shape index (κ3) is 6.87. The van der Waals surface area contributed by atoms with Gasteiger partial charge in [0.1, 0.15) is 0 Å². The molecule has 0 rings (SSSR count). The van der Waals surface area contributed by atoms with Crippen molar-refractivity contribution in [2.75, 3.05) is 13.1 Å². The number of hydrogen-bond donors (Lipinski definition) is 2. The molecule has 10 heteroatoms. The van der Waals surface area contributed by atoms with Crippen molar-refractivity contribution in [1.82, 2.24) is 10.6 Å². The van der Waals surface area contributed by atoms with Crippen LogP contribution in [0.2, 0.25) is 0 Å². The summed E-state index contributed by atoms with van der Waals surface area (Å²) in [4.78, 5) is 21.0. The number of alkyl halides is 6. The quantitative estimate of drug-likeness (QED) is 0.769. The fourth-order valence-electron chi connectivity index (χ4n) is 0.902. The summed E-state index contributed by atoms with van der Waals surface area (Å²) in [5, 5.41) is 3.06. The Bertz CT molecular complexity index is 316. The molecule has 0 aromatic rings. The molecule has 0 heterocycles. The van der Waals surface area contributed by atoms with Crippen molar-refractivity contribution in [3.8, 4) is 0 Å². The van der Waals surface area contributed by atoms with Crippen LogP contribution in [0.1, 0.15) is 13.8 Å². The van der Waals surface area contributed by atoms with Gasteiger partial charge in [0.05, 0.1) is 0 Å². The van der Waals surface area contributed by atoms with Crippen LogP contribution in [0.4, 0.5) is 26.3 Å². The first-order valence-electron chi connectivity index (χ1n) is 4.96. The number of carbonyl (C=O) groups excluding carboxylic acids is 2. The second-order valence-electron chi connectivity index (χ2n) is 4.53. The maximum absolute atomic E-state index is 11.9. The van der Waals surface area contributed by atoms with E-state index in [1.165, 1.54) is 24.5 Å². The molecule has 0 radical (unpaired) electrons. The molecule has 2 amide bonds. The first kappa shape index (κ1) is 17.5. The highest BCUT2D eigenvalue weighted by Gasteiger charge is 2.41. The van der Waals surface area contributed by atoms with E-state index in [1.54, 1.807) is 0 Å². The lowest BCUT2D eigenvalue weighted by Crippen LogP contribution is -2.47. The van der Waals surface area contributed by atoms with E-state index in [-0.39, 0.29) is 0 Å². The summed E-state index contributed by atoms with van der Waals surface area (Å²) in [5.41, 5.74) is -1.16. The van der Waals surface area contributed by atoms with E-state index < -0.39 is 42.7 Å². The lowest BCUT2D eigenvalue weighted by molar-refractivity contribution is -0.174. The fourth-order valence-corrected chi connectivity index (χ4v) is 0.902. The summed E-state index contributed by atoms with van der Waals surface area (Å²) in [6.45, 7) is 1.51. The molecule has 0 fully saturated rings. The molecule has 0 spiro atoms. The molecule has 0 saturated heterocycles. The van der Waals surface area contributed by atoms with Gasteiger partial charge in [-0.2, -0.15) is 26.3 Å². The van der Waals surface area contributed by atoms with Gasteiger partial charge in [-0.1, -0.05) is 13.8 Å². The number of hydrogen-bond acceptors (Lipinski definition) is 2. The highest BCUT2D eigenvalue weighted by molar-refractivity contribution is 5.82. The minimum atomic E-state index is -5.06. The zero-order chi connectivity index (χ0) is 15.5. The number of rotatable bonds is 4. The Morgan fingerprint density at radius 3 is 1.26 bits per heavy atom. The van der Waals surface area contributed by atoms with Gasteiger partial charge < -0.3 is 10.6 Å². The van der Waals surface area contributed by atoms with E-state index in [1.807, 2.05) is 0 Å². The van der Waals surface area contributed by atoms with Gasteiger partial charge in [0.25, 0.3) is 0 Å². The van der Waals surface area contributed by atoms with Crippen molar-refractivity contribution in [3.05, 3.63) is 0 Å². The van der Waals surface area contributed by atoms with Crippen molar-refractivity contribution in [3.63, 3.8) is 0 Å². The van der Waals surface area contributed by atoms with Crippen LogP contribution in [-0.2, 0) is 9.59 Å². The SMILES string of the molecule is CC(C)(CNC(=O)C(F)(F)F)CNC(=O)C(F)(F)F. The van der Waals surface area contributed by atoms with Crippen LogP contribution in [0.5, 0.6) is 0 Å². The van der Waals surface area contributed by atoms with Crippen LogP contribution in [-0.4, -0.2) is 37.3 Å². The van der Waals surface area contributed by atoms with E-state index in [9.17, 15) is 35.9 Å². The summed E-state index contributed by atoms with van der Waals surface area (Å²) in [7, 11) is 0. The predicted octanol–water partition coefficient (Wildman–Crippen LogP) is 1.37. The summed E-state index contributed by atoms with van der Waals surface area (Å²) >= 11 is 0. The van der Waals surface area contributed by atoms with Crippen molar-refractivity contribution in [2.45, 2.75) is 26.2 Å². The van der Waals surface area contributed by atoms with Gasteiger partial charge >= 0.3 is 24.2 Å². The van der Waals surface area contributed by atoms with Crippen molar-refractivity contribution in [2.24, 2.45) is 5.41 Å². The van der Waals surface area contributed by atoms with E-state index in [2.05, 4.69) is 0 Å². The van der Waals surface area contributed by atoms with Gasteiger partial charge in [-0.3, -0.25) is 9.59 Å². The van der Waals surface area contributed by atoms with Crippen LogP contribution in [0.25, 0.3) is 0 Å². The molecule has 112 valence electrons. The van der Waals surface area contributed by atoms with Crippen molar-refractivity contribution < 1.29 is 35.9 Å². The smallest absolute Gasteiger partial charge is 0.348 e. The minimum absolute atomic E-state index is 0.538. The fraction of sp³-hybridized carbons (Fsp3) is 0.778. The molecule has 4 nitrogen and oxygen atoms in total. The topological polar surface area (TPSA) is 58.2 Å². The minimum Gasteiger partial charge on any atom is -0.348 e. The van der Waals surface area contributed by atoms with E-state index in [0.29, 0.717) is 0 Å². The Hall–Kier alpha value is -1.48. The largest absolute Gasteiger partial charge is 0.471 e. The summed E-state index contributed by atoms with van der Waals surface area (Å²) in [6.07, 6.45) is -10.1. The number of amides is 2. The second-order valence-corrected chi connectivity index (χ2v) is 4.53. The third-order valence-corrected chi connectivity index (χ3v) is 1.97. The van der Waals surface area contributed by atoms with E-state index in [4.69, 9.17) is 0 Å². The average molecular weight is 294 g/mol. The van der Waals surface area contributed by atoms with Gasteiger partial charge in [-0.05, 0) is 5.41 Å². The highest BCUT2D eigenvalue weighted by Crippen LogP contribution is 2.18. The molecule has 0 atom stereocenters. The molecule has 0 unspecified atom stereocenters. The van der Waals surface area contributed by atoms with Gasteiger partial charge in [-0.25, -0.2) is 0 Å². The Morgan fingerprint density at radius 2 is 1.05 bits per heavy atom. The molecule has 0 bridgehead atoms. The maximum Gasteiger partial charge on any atom is 0.471 e. The molecule has 2 N–H and O–H groups in total. The van der Waals surface area contributed by atoms with Crippen molar-refractivity contribution in [1.29, 1.82) is 0 Å². The molecule has 0 aromatic heterocycles. The highest BCUT2D eigenvalue weighted by atomic mass is 19.4. The van der Waals surface area contributed by atoms with Crippen molar-refractivity contribution >= 4 is 11.8 Å². The van der Waals surface area contributed by atoms with Crippen LogP contribution in [0, 0.1) is 5.41 Å². The zero-order valence-corrected chi connectivity index (χ0v) is 10.00. The Morgan fingerprint density at radius 1 is 0.789 bits per heavy atom. The Balaban J connectivity index is 4.28. The molecular weight excluding hydrogens is 282 g/mol. The molecule has 0 aromatic carbocycles. The molecule has 0 saturated carbocycles. The van der Waals surface area contributed by atoms with Crippen LogP contribution in [0.3, 0.4) is 0 Å². The number of halogens is 6. The lowest BCUT2D eigenvalue weighted by atomic mass is 9.93. The number of carbonyl (C=O) groups is 2. The third-order valence-electron chi connectivity index (χ3n) is 1.97. The van der Waals surface area contributed by atoms with Gasteiger partial charge in [0.15, 0.2) is 0 Å². The Kier molecular flexibility index (Phi) is 5.22. The molecule has 0 aliphatic carbocycles. The summed E-state index contributed by atoms with van der Waals surface area (Å²) in [5.74, 6) is -4.38. The summed E-state index contributed by atoms with van der Waals surface area (Å²) in [6, 6.07) is 0. The van der Waals surface area contributed by atoms with Crippen LogP contribution in [0.15, 0.2) is 0 Å². The standard InChI is InChI=1S/C9H12F6N2O2/c1-7(2,3-16-5(18)8(10,11)12)4-17-6(19)9(13,14)15/h3-4H2,1-2H3,(H,16,18)(H,17,19). The molecule has 0 aliphatic rings. The second kappa shape index (κ2) is 5.66. The Labute approximate surface area is 104 Å². The predicted molar refractivity (Wildman–Crippen MR) is 51.9 cm³/mol. The monoisotopic (exact) mass is 294 g/mol. The van der Waals surface area contributed by atoms with E-state index in [0.717, 1.165) is 0 Å². The van der Waals surface area contributed by atoms with Gasteiger partial charge in [0, 0.05) is 13.1 Å². The maximum atomic E-state index is 11.9. The normalized spacial score (nSPS) is 13.1. The van der Waals surface area contributed by atoms with Gasteiger partial charge in [-0.15, -0.1) is 0 Å². The molecule has 0 aliphatic heterocycles. The molecule has 19 heavy (non-hydrogen) atoms.